The van der Waals surface area contributed by atoms with Gasteiger partial charge in [-0.1, -0.05) is 0 Å². The molecule has 1 amide bonds. The number of nitrogens with zero attached hydrogens (tertiary/aromatic N) is 1. The number of aromatic nitrogens is 1. The summed E-state index contributed by atoms with van der Waals surface area (Å²) in [6, 6.07) is 3.08. The van der Waals surface area contributed by atoms with Gasteiger partial charge in [-0.2, -0.15) is 13.2 Å². The van der Waals surface area contributed by atoms with E-state index in [1.54, 1.807) is 6.07 Å². The van der Waals surface area contributed by atoms with Gasteiger partial charge in [0.2, 0.25) is 11.8 Å². The summed E-state index contributed by atoms with van der Waals surface area (Å²) in [7, 11) is 1.37. The number of anilines is 1. The van der Waals surface area contributed by atoms with Gasteiger partial charge in [0.05, 0.1) is 18.9 Å². The molecule has 1 saturated heterocycles. The lowest BCUT2D eigenvalue weighted by molar-refractivity contribution is -0.181. The third kappa shape index (κ3) is 3.01. The molecule has 8 heteroatoms. The number of methoxy groups -OCH3 is 1. The van der Waals surface area contributed by atoms with Gasteiger partial charge in [0.1, 0.15) is 5.69 Å². The predicted molar refractivity (Wildman–Crippen MR) is 65.3 cm³/mol. The fourth-order valence-electron chi connectivity index (χ4n) is 2.17. The maximum atomic E-state index is 12.8. The van der Waals surface area contributed by atoms with E-state index in [9.17, 15) is 18.0 Å². The first-order chi connectivity index (χ1) is 9.43. The zero-order chi connectivity index (χ0) is 14.8. The highest BCUT2D eigenvalue weighted by Crippen LogP contribution is 2.35. The summed E-state index contributed by atoms with van der Waals surface area (Å²) in [5.74, 6) is -3.36. The summed E-state index contributed by atoms with van der Waals surface area (Å²) in [5, 5.41) is 5.04. The maximum Gasteiger partial charge on any atom is 0.393 e. The molecule has 0 bridgehead atoms. The van der Waals surface area contributed by atoms with E-state index >= 15 is 0 Å². The van der Waals surface area contributed by atoms with Crippen molar-refractivity contribution in [3.8, 4) is 5.88 Å². The van der Waals surface area contributed by atoms with Crippen molar-refractivity contribution in [2.75, 3.05) is 25.5 Å². The molecule has 2 atom stereocenters. The average molecular weight is 289 g/mol. The molecule has 0 unspecified atom stereocenters. The molecule has 1 fully saturated rings. The largest absolute Gasteiger partial charge is 0.480 e. The normalized spacial score (nSPS) is 22.6. The van der Waals surface area contributed by atoms with Crippen LogP contribution in [0.3, 0.4) is 0 Å². The Bertz CT molecular complexity index is 493. The number of alkyl halides is 3. The molecule has 0 aromatic carbocycles. The molecule has 5 nitrogen and oxygen atoms in total. The van der Waals surface area contributed by atoms with Crippen molar-refractivity contribution >= 4 is 11.6 Å². The van der Waals surface area contributed by atoms with E-state index in [4.69, 9.17) is 4.74 Å². The van der Waals surface area contributed by atoms with Crippen LogP contribution in [-0.4, -0.2) is 37.3 Å². The Morgan fingerprint density at radius 2 is 2.25 bits per heavy atom. The second-order valence-corrected chi connectivity index (χ2v) is 4.46. The lowest BCUT2D eigenvalue weighted by atomic mass is 9.94. The van der Waals surface area contributed by atoms with E-state index in [0.29, 0.717) is 0 Å². The molecule has 1 aliphatic rings. The number of hydrogen-bond donors (Lipinski definition) is 2. The van der Waals surface area contributed by atoms with Gasteiger partial charge in [-0.15, -0.1) is 0 Å². The minimum atomic E-state index is -4.40. The summed E-state index contributed by atoms with van der Waals surface area (Å²) in [5.41, 5.74) is 0.257. The maximum absolute atomic E-state index is 12.8. The van der Waals surface area contributed by atoms with E-state index in [-0.39, 0.29) is 24.7 Å². The highest BCUT2D eigenvalue weighted by molar-refractivity contribution is 5.94. The number of ether oxygens (including phenoxy) is 1. The number of pyridine rings is 1. The molecule has 110 valence electrons. The van der Waals surface area contributed by atoms with Crippen molar-refractivity contribution in [3.05, 3.63) is 18.3 Å². The average Bonchev–Trinajstić information content (AvgIpc) is 2.88. The zero-order valence-corrected chi connectivity index (χ0v) is 10.7. The van der Waals surface area contributed by atoms with E-state index in [2.05, 4.69) is 15.6 Å². The molecular weight excluding hydrogens is 275 g/mol. The van der Waals surface area contributed by atoms with Crippen molar-refractivity contribution in [1.29, 1.82) is 0 Å². The molecule has 1 aromatic heterocycles. The Balaban J connectivity index is 2.12. The third-order valence-electron chi connectivity index (χ3n) is 3.19. The van der Waals surface area contributed by atoms with E-state index < -0.39 is 23.9 Å². The van der Waals surface area contributed by atoms with Crippen molar-refractivity contribution in [2.45, 2.75) is 6.18 Å². The Kier molecular flexibility index (Phi) is 4.12. The minimum absolute atomic E-state index is 0.00140. The quantitative estimate of drug-likeness (QED) is 0.883. The number of hydrogen-bond acceptors (Lipinski definition) is 4. The number of carbonyl (C=O) groups excluding carboxylic acids is 1. The van der Waals surface area contributed by atoms with E-state index in [0.717, 1.165) is 0 Å². The van der Waals surface area contributed by atoms with Crippen LogP contribution < -0.4 is 15.4 Å². The number of halogens is 3. The zero-order valence-electron chi connectivity index (χ0n) is 10.7. The Morgan fingerprint density at radius 3 is 2.90 bits per heavy atom. The second-order valence-electron chi connectivity index (χ2n) is 4.46. The summed E-state index contributed by atoms with van der Waals surface area (Å²) >= 11 is 0. The van der Waals surface area contributed by atoms with Crippen LogP contribution in [0.4, 0.5) is 18.9 Å². The van der Waals surface area contributed by atoms with Crippen LogP contribution in [-0.2, 0) is 4.79 Å². The van der Waals surface area contributed by atoms with Crippen molar-refractivity contribution in [3.63, 3.8) is 0 Å². The van der Waals surface area contributed by atoms with Crippen LogP contribution in [0.1, 0.15) is 0 Å². The SMILES string of the molecule is COc1ncccc1NC(=O)[C@@H]1CNC[C@H]1C(F)(F)F. The Hall–Kier alpha value is -1.83. The van der Waals surface area contributed by atoms with Crippen LogP contribution in [0.2, 0.25) is 0 Å². The summed E-state index contributed by atoms with van der Waals surface area (Å²) in [4.78, 5) is 15.9. The molecule has 1 aliphatic heterocycles. The third-order valence-corrected chi connectivity index (χ3v) is 3.19. The van der Waals surface area contributed by atoms with E-state index in [1.165, 1.54) is 19.4 Å². The summed E-state index contributed by atoms with van der Waals surface area (Å²) in [6.45, 7) is -0.246. The fraction of sp³-hybridized carbons (Fsp3) is 0.500. The van der Waals surface area contributed by atoms with Gasteiger partial charge in [0.15, 0.2) is 0 Å². The monoisotopic (exact) mass is 289 g/mol. The second kappa shape index (κ2) is 5.66. The van der Waals surface area contributed by atoms with Crippen LogP contribution in [0.25, 0.3) is 0 Å². The number of carbonyl (C=O) groups is 1. The van der Waals surface area contributed by atoms with Gasteiger partial charge < -0.3 is 15.4 Å². The Labute approximate surface area is 113 Å². The topological polar surface area (TPSA) is 63.2 Å². The van der Waals surface area contributed by atoms with E-state index in [1.807, 2.05) is 0 Å². The van der Waals surface area contributed by atoms with Crippen molar-refractivity contribution in [1.82, 2.24) is 10.3 Å². The summed E-state index contributed by atoms with van der Waals surface area (Å²) < 4.78 is 43.3. The van der Waals surface area contributed by atoms with Crippen LogP contribution >= 0.6 is 0 Å². The fourth-order valence-corrected chi connectivity index (χ4v) is 2.17. The highest BCUT2D eigenvalue weighted by Gasteiger charge is 2.49. The van der Waals surface area contributed by atoms with Crippen molar-refractivity contribution in [2.24, 2.45) is 11.8 Å². The van der Waals surface area contributed by atoms with Gasteiger partial charge in [-0.3, -0.25) is 4.79 Å². The molecule has 2 N–H and O–H groups in total. The molecule has 0 radical (unpaired) electrons. The lowest BCUT2D eigenvalue weighted by Crippen LogP contribution is -2.36. The summed E-state index contributed by atoms with van der Waals surface area (Å²) in [6.07, 6.45) is -2.94. The molecule has 0 aliphatic carbocycles. The first-order valence-corrected chi connectivity index (χ1v) is 6.00. The van der Waals surface area contributed by atoms with Gasteiger partial charge in [0.25, 0.3) is 0 Å². The minimum Gasteiger partial charge on any atom is -0.480 e. The van der Waals surface area contributed by atoms with Crippen LogP contribution in [0.15, 0.2) is 18.3 Å². The number of nitrogens with one attached hydrogen (secondary N) is 2. The van der Waals surface area contributed by atoms with Crippen LogP contribution in [0, 0.1) is 11.8 Å². The molecule has 0 saturated carbocycles. The predicted octanol–water partition coefficient (Wildman–Crippen LogP) is 1.43. The van der Waals surface area contributed by atoms with Crippen LogP contribution in [0.5, 0.6) is 5.88 Å². The number of rotatable bonds is 3. The van der Waals surface area contributed by atoms with Gasteiger partial charge >= 0.3 is 6.18 Å². The Morgan fingerprint density at radius 1 is 1.50 bits per heavy atom. The standard InChI is InChI=1S/C12H14F3N3O2/c1-20-11-9(3-2-4-17-11)18-10(19)7-5-16-6-8(7)12(13,14)15/h2-4,7-8,16H,5-6H2,1H3,(H,18,19)/t7-,8-/m1/s1. The molecule has 2 heterocycles. The number of amides is 1. The smallest absolute Gasteiger partial charge is 0.393 e. The molecule has 2 rings (SSSR count). The molecular formula is C12H14F3N3O2. The first-order valence-electron chi connectivity index (χ1n) is 6.00. The first kappa shape index (κ1) is 14.6. The van der Waals surface area contributed by atoms with Gasteiger partial charge in [-0.05, 0) is 12.1 Å². The van der Waals surface area contributed by atoms with Crippen molar-refractivity contribution < 1.29 is 22.7 Å². The highest BCUT2D eigenvalue weighted by atomic mass is 19.4. The lowest BCUT2D eigenvalue weighted by Gasteiger charge is -2.21. The van der Waals surface area contributed by atoms with Gasteiger partial charge in [0, 0.05) is 19.3 Å². The van der Waals surface area contributed by atoms with Gasteiger partial charge in [-0.25, -0.2) is 4.98 Å². The molecule has 0 spiro atoms. The molecule has 1 aromatic rings. The molecule has 20 heavy (non-hydrogen) atoms.